The highest BCUT2D eigenvalue weighted by Gasteiger charge is 2.37. The van der Waals surface area contributed by atoms with Gasteiger partial charge in [0.05, 0.1) is 40.7 Å². The molecule has 2 amide bonds. The van der Waals surface area contributed by atoms with Gasteiger partial charge in [-0.15, -0.1) is 0 Å². The molecule has 3 aromatic rings. The minimum Gasteiger partial charge on any atom is -0.465 e. The number of fused-ring (bicyclic) bond motifs is 1. The average Bonchev–Trinajstić information content (AvgIpc) is 3.30. The molecule has 0 spiro atoms. The molecule has 184 valence electrons. The topological polar surface area (TPSA) is 123 Å². The van der Waals surface area contributed by atoms with Crippen molar-refractivity contribution in [2.24, 2.45) is 0 Å². The van der Waals surface area contributed by atoms with Crippen LogP contribution in [0.5, 0.6) is 0 Å². The first-order chi connectivity index (χ1) is 17.0. The number of H-pyrrole nitrogens is 1. The number of Topliss-reactive ketones (excluding diaryl/α,β-unsaturated/α-hetero) is 1. The number of anilines is 1. The number of esters is 2. The zero-order chi connectivity index (χ0) is 26.3. The molecule has 10 heteroatoms. The third-order valence-electron chi connectivity index (χ3n) is 5.93. The highest BCUT2D eigenvalue weighted by atomic mass is 19.1. The number of hydrogen-bond donors (Lipinski definition) is 1. The zero-order valence-corrected chi connectivity index (χ0v) is 19.8. The van der Waals surface area contributed by atoms with Gasteiger partial charge in [-0.3, -0.25) is 14.4 Å². The number of aromatic nitrogens is 1. The molecule has 0 saturated heterocycles. The lowest BCUT2D eigenvalue weighted by Crippen LogP contribution is -2.29. The Kier molecular flexibility index (Phi) is 6.28. The van der Waals surface area contributed by atoms with Crippen molar-refractivity contribution in [3.8, 4) is 0 Å². The Morgan fingerprint density at radius 3 is 2.22 bits per heavy atom. The molecule has 1 atom stereocenters. The quantitative estimate of drug-likeness (QED) is 0.316. The number of amides is 2. The van der Waals surface area contributed by atoms with Gasteiger partial charge >= 0.3 is 11.9 Å². The van der Waals surface area contributed by atoms with Crippen LogP contribution in [0.2, 0.25) is 0 Å². The molecule has 1 aliphatic rings. The number of halogens is 1. The average molecular weight is 492 g/mol. The van der Waals surface area contributed by atoms with Gasteiger partial charge in [0.2, 0.25) is 5.78 Å². The second kappa shape index (κ2) is 9.21. The largest absolute Gasteiger partial charge is 0.465 e. The Morgan fingerprint density at radius 2 is 1.58 bits per heavy atom. The fourth-order valence-corrected chi connectivity index (χ4v) is 4.08. The van der Waals surface area contributed by atoms with E-state index in [2.05, 4.69) is 4.98 Å². The summed E-state index contributed by atoms with van der Waals surface area (Å²) < 4.78 is 23.3. The van der Waals surface area contributed by atoms with E-state index in [1.807, 2.05) is 0 Å². The maximum absolute atomic E-state index is 13.3. The summed E-state index contributed by atoms with van der Waals surface area (Å²) in [4.78, 5) is 67.0. The van der Waals surface area contributed by atoms with Crippen LogP contribution >= 0.6 is 0 Å². The number of carbonyl (C=O) groups excluding carboxylic acids is 5. The smallest absolute Gasteiger partial charge is 0.339 e. The molecular weight excluding hydrogens is 471 g/mol. The number of ketones is 1. The van der Waals surface area contributed by atoms with Gasteiger partial charge in [-0.05, 0) is 68.8 Å². The minimum absolute atomic E-state index is 0.0173. The Balaban J connectivity index is 1.54. The number of rotatable bonds is 6. The van der Waals surface area contributed by atoms with E-state index in [4.69, 9.17) is 9.47 Å². The molecule has 9 nitrogen and oxygen atoms in total. The minimum atomic E-state index is -1.22. The highest BCUT2D eigenvalue weighted by molar-refractivity contribution is 6.34. The maximum atomic E-state index is 13.3. The van der Waals surface area contributed by atoms with Crippen molar-refractivity contribution in [2.75, 3.05) is 12.0 Å². The third kappa shape index (κ3) is 4.06. The predicted octanol–water partition coefficient (Wildman–Crippen LogP) is 3.79. The summed E-state index contributed by atoms with van der Waals surface area (Å²) >= 11 is 0. The molecule has 0 unspecified atom stereocenters. The van der Waals surface area contributed by atoms with E-state index < -0.39 is 41.5 Å². The van der Waals surface area contributed by atoms with E-state index in [1.54, 1.807) is 13.8 Å². The number of methoxy groups -OCH3 is 1. The van der Waals surface area contributed by atoms with Crippen LogP contribution in [0.4, 0.5) is 10.1 Å². The van der Waals surface area contributed by atoms with Gasteiger partial charge in [-0.1, -0.05) is 0 Å². The van der Waals surface area contributed by atoms with Gasteiger partial charge in [0, 0.05) is 5.69 Å². The molecule has 2 aromatic carbocycles. The SMILES string of the molecule is COC(=O)c1c(C)[nH]c(C(=O)[C@@H](C)OC(=O)c2ccc3c(c2)C(=O)N(c2ccc(F)cc2)C3=O)c1C. The van der Waals surface area contributed by atoms with Crippen molar-refractivity contribution in [2.45, 2.75) is 26.9 Å². The third-order valence-corrected chi connectivity index (χ3v) is 5.93. The van der Waals surface area contributed by atoms with Crippen molar-refractivity contribution >= 4 is 35.2 Å². The maximum Gasteiger partial charge on any atom is 0.339 e. The van der Waals surface area contributed by atoms with Gasteiger partial charge in [0.1, 0.15) is 5.82 Å². The molecule has 0 aliphatic carbocycles. The highest BCUT2D eigenvalue weighted by Crippen LogP contribution is 2.29. The van der Waals surface area contributed by atoms with Crippen molar-refractivity contribution < 1.29 is 37.8 Å². The number of carbonyl (C=O) groups is 5. The molecule has 0 radical (unpaired) electrons. The van der Waals surface area contributed by atoms with Crippen LogP contribution in [0.3, 0.4) is 0 Å². The van der Waals surface area contributed by atoms with E-state index in [0.717, 1.165) is 17.0 Å². The zero-order valence-electron chi connectivity index (χ0n) is 19.8. The van der Waals surface area contributed by atoms with Crippen LogP contribution in [0.15, 0.2) is 42.5 Å². The number of ether oxygens (including phenoxy) is 2. The molecule has 0 fully saturated rings. The lowest BCUT2D eigenvalue weighted by Gasteiger charge is -2.13. The van der Waals surface area contributed by atoms with E-state index in [0.29, 0.717) is 11.3 Å². The summed E-state index contributed by atoms with van der Waals surface area (Å²) in [5.41, 5.74) is 1.36. The summed E-state index contributed by atoms with van der Waals surface area (Å²) in [5.74, 6) is -3.84. The first-order valence-electron chi connectivity index (χ1n) is 10.9. The van der Waals surface area contributed by atoms with E-state index in [-0.39, 0.29) is 33.6 Å². The molecular formula is C26H21FN2O7. The second-order valence-electron chi connectivity index (χ2n) is 8.21. The Bertz CT molecular complexity index is 1440. The van der Waals surface area contributed by atoms with E-state index in [9.17, 15) is 28.4 Å². The van der Waals surface area contributed by atoms with Crippen molar-refractivity contribution in [1.29, 1.82) is 0 Å². The van der Waals surface area contributed by atoms with E-state index in [1.165, 1.54) is 44.4 Å². The summed E-state index contributed by atoms with van der Waals surface area (Å²) in [7, 11) is 1.23. The molecule has 2 heterocycles. The fourth-order valence-electron chi connectivity index (χ4n) is 4.08. The van der Waals surface area contributed by atoms with Gasteiger partial charge in [0.25, 0.3) is 11.8 Å². The fraction of sp³-hybridized carbons (Fsp3) is 0.192. The van der Waals surface area contributed by atoms with Gasteiger partial charge in [0.15, 0.2) is 6.10 Å². The molecule has 0 bridgehead atoms. The Labute approximate surface area is 204 Å². The van der Waals surface area contributed by atoms with Crippen molar-refractivity contribution in [3.63, 3.8) is 0 Å². The molecule has 0 saturated carbocycles. The van der Waals surface area contributed by atoms with Gasteiger partial charge in [-0.2, -0.15) is 0 Å². The molecule has 1 aromatic heterocycles. The van der Waals surface area contributed by atoms with Gasteiger partial charge in [-0.25, -0.2) is 18.9 Å². The monoisotopic (exact) mass is 492 g/mol. The number of aromatic amines is 1. The lowest BCUT2D eigenvalue weighted by atomic mass is 10.1. The number of aryl methyl sites for hydroxylation is 1. The molecule has 1 aliphatic heterocycles. The molecule has 4 rings (SSSR count). The summed E-state index contributed by atoms with van der Waals surface area (Å²) in [6.07, 6.45) is -1.22. The number of nitrogens with one attached hydrogen (secondary N) is 1. The van der Waals surface area contributed by atoms with Crippen LogP contribution in [0.25, 0.3) is 0 Å². The van der Waals surface area contributed by atoms with Crippen LogP contribution in [-0.2, 0) is 9.47 Å². The van der Waals surface area contributed by atoms with Crippen LogP contribution in [-0.4, -0.2) is 47.7 Å². The summed E-state index contributed by atoms with van der Waals surface area (Å²) in [6, 6.07) is 8.71. The Hall–Kier alpha value is -4.60. The predicted molar refractivity (Wildman–Crippen MR) is 125 cm³/mol. The van der Waals surface area contributed by atoms with Crippen LogP contribution in [0, 0.1) is 19.7 Å². The van der Waals surface area contributed by atoms with Gasteiger partial charge < -0.3 is 14.5 Å². The second-order valence-corrected chi connectivity index (χ2v) is 8.21. The summed E-state index contributed by atoms with van der Waals surface area (Å²) in [6.45, 7) is 4.57. The number of imide groups is 1. The first kappa shape index (κ1) is 24.5. The molecule has 36 heavy (non-hydrogen) atoms. The van der Waals surface area contributed by atoms with Crippen molar-refractivity contribution in [1.82, 2.24) is 4.98 Å². The number of benzene rings is 2. The summed E-state index contributed by atoms with van der Waals surface area (Å²) in [5, 5.41) is 0. The van der Waals surface area contributed by atoms with E-state index >= 15 is 0 Å². The first-order valence-corrected chi connectivity index (χ1v) is 10.9. The lowest BCUT2D eigenvalue weighted by molar-refractivity contribution is 0.0316. The Morgan fingerprint density at radius 1 is 0.944 bits per heavy atom. The van der Waals surface area contributed by atoms with Crippen LogP contribution < -0.4 is 4.90 Å². The van der Waals surface area contributed by atoms with Crippen LogP contribution in [0.1, 0.15) is 70.1 Å². The number of hydrogen-bond acceptors (Lipinski definition) is 7. The normalized spacial score (nSPS) is 13.4. The number of nitrogens with zero attached hydrogens (tertiary/aromatic N) is 1. The molecule has 1 N–H and O–H groups in total. The van der Waals surface area contributed by atoms with Crippen molar-refractivity contribution in [3.05, 3.63) is 87.5 Å². The standard InChI is InChI=1S/C26H21FN2O7/c1-12-20(26(34)35-4)13(2)28-21(12)22(30)14(3)36-25(33)15-5-10-18-19(11-15)24(32)29(23(18)31)17-8-6-16(27)7-9-17/h5-11,14,28H,1-4H3/t14-/m1/s1.